The van der Waals surface area contributed by atoms with Gasteiger partial charge in [0.05, 0.1) is 25.7 Å². The van der Waals surface area contributed by atoms with E-state index in [4.69, 9.17) is 9.47 Å². The van der Waals surface area contributed by atoms with E-state index in [9.17, 15) is 9.59 Å². The maximum atomic E-state index is 11.6. The van der Waals surface area contributed by atoms with Crippen LogP contribution in [0.3, 0.4) is 0 Å². The van der Waals surface area contributed by atoms with E-state index in [0.29, 0.717) is 13.1 Å². The number of rotatable bonds is 9. The Kier molecular flexibility index (Phi) is 11.6. The van der Waals surface area contributed by atoms with Gasteiger partial charge in [-0.2, -0.15) is 0 Å². The quantitative estimate of drug-likeness (QED) is 0.160. The maximum Gasteiger partial charge on any atom is 0.324 e. The number of ether oxygens (including phenoxy) is 2. The van der Waals surface area contributed by atoms with Crippen molar-refractivity contribution in [1.29, 1.82) is 0 Å². The Hall–Kier alpha value is -1.14. The highest BCUT2D eigenvalue weighted by Gasteiger charge is 2.28. The zero-order valence-corrected chi connectivity index (χ0v) is 18.6. The number of guanidine groups is 1. The highest BCUT2D eigenvalue weighted by Crippen LogP contribution is 2.14. The molecule has 2 N–H and O–H groups in total. The fourth-order valence-corrected chi connectivity index (χ4v) is 3.05. The predicted molar refractivity (Wildman–Crippen MR) is 114 cm³/mol. The molecule has 9 nitrogen and oxygen atoms in total. The first-order valence-corrected chi connectivity index (χ1v) is 9.37. The van der Waals surface area contributed by atoms with E-state index in [1.807, 2.05) is 6.92 Å². The van der Waals surface area contributed by atoms with Gasteiger partial charge in [-0.3, -0.25) is 14.7 Å². The Balaban J connectivity index is 0.00000364. The highest BCUT2D eigenvalue weighted by atomic mass is 127. The zero-order valence-electron chi connectivity index (χ0n) is 16.2. The molecule has 0 saturated carbocycles. The third-order valence-corrected chi connectivity index (χ3v) is 4.44. The number of carbonyl (C=O) groups is 2. The number of hydrogen-bond acceptors (Lipinski definition) is 5. The van der Waals surface area contributed by atoms with Gasteiger partial charge >= 0.3 is 6.03 Å². The molecule has 0 bridgehead atoms. The minimum atomic E-state index is -0.332. The van der Waals surface area contributed by atoms with Crippen molar-refractivity contribution < 1.29 is 19.1 Å². The van der Waals surface area contributed by atoms with Crippen LogP contribution in [0, 0.1) is 0 Å². The monoisotopic (exact) mass is 497 g/mol. The lowest BCUT2D eigenvalue weighted by atomic mass is 10.1. The van der Waals surface area contributed by atoms with Gasteiger partial charge in [-0.05, 0) is 26.2 Å². The predicted octanol–water partition coefficient (Wildman–Crippen LogP) is 0.639. The Labute approximate surface area is 178 Å². The van der Waals surface area contributed by atoms with Gasteiger partial charge in [0.1, 0.15) is 0 Å². The number of urea groups is 1. The van der Waals surface area contributed by atoms with Gasteiger partial charge in [0, 0.05) is 40.0 Å². The van der Waals surface area contributed by atoms with Crippen LogP contribution in [0.5, 0.6) is 0 Å². The van der Waals surface area contributed by atoms with Gasteiger partial charge in [0.2, 0.25) is 5.91 Å². The number of amides is 3. The average Bonchev–Trinajstić information content (AvgIpc) is 2.97. The van der Waals surface area contributed by atoms with Crippen LogP contribution >= 0.6 is 24.0 Å². The Morgan fingerprint density at radius 1 is 1.30 bits per heavy atom. The number of nitrogens with one attached hydrogen (secondary N) is 2. The largest absolute Gasteiger partial charge is 0.385 e. The number of hydrogen-bond donors (Lipinski definition) is 2. The minimum absolute atomic E-state index is 0. The van der Waals surface area contributed by atoms with E-state index >= 15 is 0 Å². The average molecular weight is 497 g/mol. The number of imide groups is 1. The molecule has 0 aromatic rings. The van der Waals surface area contributed by atoms with Gasteiger partial charge in [-0.15, -0.1) is 24.0 Å². The lowest BCUT2D eigenvalue weighted by molar-refractivity contribution is -0.124. The van der Waals surface area contributed by atoms with Crippen molar-refractivity contribution in [2.45, 2.75) is 32.3 Å². The van der Waals surface area contributed by atoms with Crippen molar-refractivity contribution in [2.75, 3.05) is 59.6 Å². The SMILES string of the molecule is CCNC(=NCCN1C(=O)CNC1=O)N1CCC(OCCCOC)CC1.I. The Bertz CT molecular complexity index is 482. The van der Waals surface area contributed by atoms with Crippen LogP contribution in [-0.4, -0.2) is 93.4 Å². The number of likely N-dealkylation sites (tertiary alicyclic amines) is 1. The van der Waals surface area contributed by atoms with Crippen LogP contribution in [0.1, 0.15) is 26.2 Å². The van der Waals surface area contributed by atoms with E-state index in [0.717, 1.165) is 58.1 Å². The molecule has 0 aromatic carbocycles. The van der Waals surface area contributed by atoms with Crippen LogP contribution < -0.4 is 10.6 Å². The summed E-state index contributed by atoms with van der Waals surface area (Å²) in [6.07, 6.45) is 3.13. The number of piperidine rings is 1. The number of carbonyl (C=O) groups excluding carboxylic acids is 2. The van der Waals surface area contributed by atoms with E-state index in [1.165, 1.54) is 4.90 Å². The molecular weight excluding hydrogens is 465 g/mol. The van der Waals surface area contributed by atoms with E-state index < -0.39 is 0 Å². The topological polar surface area (TPSA) is 95.5 Å². The Morgan fingerprint density at radius 2 is 2.04 bits per heavy atom. The van der Waals surface area contributed by atoms with Gasteiger partial charge in [0.15, 0.2) is 5.96 Å². The fourth-order valence-electron chi connectivity index (χ4n) is 3.05. The zero-order chi connectivity index (χ0) is 18.8. The van der Waals surface area contributed by atoms with Crippen molar-refractivity contribution in [1.82, 2.24) is 20.4 Å². The standard InChI is InChI=1S/C17H31N5O4.HI/c1-3-18-16(19-7-10-22-15(23)13-20-17(22)24)21-8-5-14(6-9-21)26-12-4-11-25-2;/h14H,3-13H2,1-2H3,(H,18,19)(H,20,24);1H. The van der Waals surface area contributed by atoms with E-state index in [-0.39, 0.29) is 48.6 Å². The summed E-state index contributed by atoms with van der Waals surface area (Å²) in [7, 11) is 1.70. The molecule has 2 aliphatic rings. The lowest BCUT2D eigenvalue weighted by Gasteiger charge is -2.34. The third-order valence-electron chi connectivity index (χ3n) is 4.44. The molecule has 3 amide bonds. The molecule has 0 aliphatic carbocycles. The van der Waals surface area contributed by atoms with Gasteiger partial charge in [-0.1, -0.05) is 0 Å². The normalized spacial score (nSPS) is 18.5. The van der Waals surface area contributed by atoms with Crippen LogP contribution in [0.2, 0.25) is 0 Å². The second kappa shape index (κ2) is 13.1. The summed E-state index contributed by atoms with van der Waals surface area (Å²) >= 11 is 0. The first-order valence-electron chi connectivity index (χ1n) is 9.37. The van der Waals surface area contributed by atoms with Crippen LogP contribution in [0.15, 0.2) is 4.99 Å². The molecule has 0 spiro atoms. The van der Waals surface area contributed by atoms with Gasteiger partial charge < -0.3 is 25.0 Å². The number of nitrogens with zero attached hydrogens (tertiary/aromatic N) is 3. The molecule has 2 rings (SSSR count). The molecule has 0 atom stereocenters. The molecule has 2 aliphatic heterocycles. The van der Waals surface area contributed by atoms with Crippen molar-refractivity contribution in [3.05, 3.63) is 0 Å². The van der Waals surface area contributed by atoms with Crippen molar-refractivity contribution >= 4 is 41.9 Å². The summed E-state index contributed by atoms with van der Waals surface area (Å²) in [5.74, 6) is 0.638. The summed E-state index contributed by atoms with van der Waals surface area (Å²) in [5, 5.41) is 5.81. The molecular formula is C17H32IN5O4. The molecule has 156 valence electrons. The van der Waals surface area contributed by atoms with Gasteiger partial charge in [-0.25, -0.2) is 4.79 Å². The van der Waals surface area contributed by atoms with Crippen LogP contribution in [-0.2, 0) is 14.3 Å². The second-order valence-electron chi connectivity index (χ2n) is 6.34. The molecule has 0 aromatic heterocycles. The third kappa shape index (κ3) is 7.78. The molecule has 10 heteroatoms. The first kappa shape index (κ1) is 23.9. The first-order chi connectivity index (χ1) is 12.7. The molecule has 0 radical (unpaired) electrons. The van der Waals surface area contributed by atoms with Crippen LogP contribution in [0.25, 0.3) is 0 Å². The van der Waals surface area contributed by atoms with Crippen molar-refractivity contribution in [3.63, 3.8) is 0 Å². The summed E-state index contributed by atoms with van der Waals surface area (Å²) in [6, 6.07) is -0.332. The number of methoxy groups -OCH3 is 1. The molecule has 27 heavy (non-hydrogen) atoms. The molecule has 2 fully saturated rings. The maximum absolute atomic E-state index is 11.6. The van der Waals surface area contributed by atoms with Gasteiger partial charge in [0.25, 0.3) is 0 Å². The van der Waals surface area contributed by atoms with Crippen molar-refractivity contribution in [2.24, 2.45) is 4.99 Å². The van der Waals surface area contributed by atoms with E-state index in [1.54, 1.807) is 7.11 Å². The summed E-state index contributed by atoms with van der Waals surface area (Å²) in [6.45, 7) is 6.81. The highest BCUT2D eigenvalue weighted by molar-refractivity contribution is 14.0. The lowest BCUT2D eigenvalue weighted by Crippen LogP contribution is -2.47. The number of halogens is 1. The van der Waals surface area contributed by atoms with Crippen LogP contribution in [0.4, 0.5) is 4.79 Å². The minimum Gasteiger partial charge on any atom is -0.385 e. The molecule has 2 saturated heterocycles. The molecule has 0 unspecified atom stereocenters. The summed E-state index contributed by atoms with van der Waals surface area (Å²) in [4.78, 5) is 31.2. The van der Waals surface area contributed by atoms with Crippen molar-refractivity contribution in [3.8, 4) is 0 Å². The Morgan fingerprint density at radius 3 is 2.63 bits per heavy atom. The smallest absolute Gasteiger partial charge is 0.324 e. The number of aliphatic imine (C=N–C) groups is 1. The fraction of sp³-hybridized carbons (Fsp3) is 0.824. The summed E-state index contributed by atoms with van der Waals surface area (Å²) in [5.41, 5.74) is 0. The molecule has 2 heterocycles. The second-order valence-corrected chi connectivity index (χ2v) is 6.34. The summed E-state index contributed by atoms with van der Waals surface area (Å²) < 4.78 is 10.9. The van der Waals surface area contributed by atoms with E-state index in [2.05, 4.69) is 20.5 Å².